The van der Waals surface area contributed by atoms with Crippen molar-refractivity contribution in [2.75, 3.05) is 19.3 Å². The molecule has 0 saturated carbocycles. The molecule has 1 unspecified atom stereocenters. The Kier molecular flexibility index (Phi) is 4.91. The lowest BCUT2D eigenvalue weighted by atomic mass is 10.1. The van der Waals surface area contributed by atoms with Crippen LogP contribution in [0.25, 0.3) is 11.3 Å². The van der Waals surface area contributed by atoms with Crippen LogP contribution in [0.5, 0.6) is 0 Å². The fourth-order valence-corrected chi connectivity index (χ4v) is 3.77. The predicted molar refractivity (Wildman–Crippen MR) is 91.0 cm³/mol. The van der Waals surface area contributed by atoms with E-state index in [0.717, 1.165) is 6.26 Å². The first-order valence-electron chi connectivity index (χ1n) is 7.95. The van der Waals surface area contributed by atoms with Crippen LogP contribution in [-0.2, 0) is 10.0 Å². The average Bonchev–Trinajstić information content (AvgIpc) is 3.03. The normalized spacial score (nSPS) is 18.3. The van der Waals surface area contributed by atoms with Gasteiger partial charge in [0.25, 0.3) is 5.91 Å². The molecule has 3 rings (SSSR count). The van der Waals surface area contributed by atoms with Crippen LogP contribution >= 0.6 is 0 Å². The van der Waals surface area contributed by atoms with Gasteiger partial charge in [0, 0.05) is 19.1 Å². The third-order valence-corrected chi connectivity index (χ3v) is 4.81. The molecule has 1 atom stereocenters. The lowest BCUT2D eigenvalue weighted by Crippen LogP contribution is -2.49. The molecule has 1 aliphatic heterocycles. The van der Waals surface area contributed by atoms with Crippen molar-refractivity contribution in [3.8, 4) is 11.3 Å². The summed E-state index contributed by atoms with van der Waals surface area (Å²) in [5.74, 6) is -0.364. The third kappa shape index (κ3) is 4.26. The number of carbonyl (C=O) groups is 1. The number of nitrogens with one attached hydrogen (secondary N) is 1. The third-order valence-electron chi connectivity index (χ3n) is 4.05. The zero-order valence-corrected chi connectivity index (χ0v) is 14.6. The summed E-state index contributed by atoms with van der Waals surface area (Å²) >= 11 is 0. The maximum absolute atomic E-state index is 13.8. The first-order valence-corrected chi connectivity index (χ1v) is 9.84. The van der Waals surface area contributed by atoms with Crippen LogP contribution < -0.4 is 4.72 Å². The minimum Gasteiger partial charge on any atom is -0.451 e. The summed E-state index contributed by atoms with van der Waals surface area (Å²) in [6.45, 7) is 0.804. The summed E-state index contributed by atoms with van der Waals surface area (Å²) in [6.07, 6.45) is 2.47. The van der Waals surface area contributed by atoms with Crippen LogP contribution in [0.3, 0.4) is 0 Å². The van der Waals surface area contributed by atoms with Gasteiger partial charge < -0.3 is 9.32 Å². The number of benzene rings is 1. The molecule has 1 aromatic heterocycles. The lowest BCUT2D eigenvalue weighted by Gasteiger charge is -2.32. The van der Waals surface area contributed by atoms with Crippen LogP contribution in [0.4, 0.5) is 4.39 Å². The Morgan fingerprint density at radius 3 is 2.76 bits per heavy atom. The second-order valence-electron chi connectivity index (χ2n) is 6.12. The van der Waals surface area contributed by atoms with Crippen molar-refractivity contribution in [1.82, 2.24) is 9.62 Å². The predicted octanol–water partition coefficient (Wildman–Crippen LogP) is 2.24. The van der Waals surface area contributed by atoms with Gasteiger partial charge in [-0.25, -0.2) is 17.5 Å². The molecule has 25 heavy (non-hydrogen) atoms. The molecule has 1 aromatic carbocycles. The fourth-order valence-electron chi connectivity index (χ4n) is 2.98. The smallest absolute Gasteiger partial charge is 0.289 e. The van der Waals surface area contributed by atoms with Crippen molar-refractivity contribution in [3.05, 3.63) is 48.0 Å². The first-order chi connectivity index (χ1) is 11.8. The Balaban J connectivity index is 1.74. The number of sulfonamides is 1. The highest BCUT2D eigenvalue weighted by atomic mass is 32.2. The van der Waals surface area contributed by atoms with Gasteiger partial charge in [-0.2, -0.15) is 0 Å². The second kappa shape index (κ2) is 6.97. The minimum atomic E-state index is -3.33. The summed E-state index contributed by atoms with van der Waals surface area (Å²) in [4.78, 5) is 14.2. The molecule has 134 valence electrons. The van der Waals surface area contributed by atoms with Gasteiger partial charge in [-0.3, -0.25) is 4.79 Å². The number of hydrogen-bond donors (Lipinski definition) is 1. The Hall–Kier alpha value is -2.19. The molecule has 8 heteroatoms. The molecule has 0 bridgehead atoms. The molecule has 2 aromatic rings. The van der Waals surface area contributed by atoms with Gasteiger partial charge in [0.05, 0.1) is 11.8 Å². The van der Waals surface area contributed by atoms with Crippen molar-refractivity contribution in [2.24, 2.45) is 0 Å². The van der Waals surface area contributed by atoms with E-state index < -0.39 is 15.8 Å². The van der Waals surface area contributed by atoms with Crippen molar-refractivity contribution in [2.45, 2.75) is 18.9 Å². The van der Waals surface area contributed by atoms with E-state index in [1.165, 1.54) is 12.1 Å². The van der Waals surface area contributed by atoms with Crippen molar-refractivity contribution < 1.29 is 22.0 Å². The number of amides is 1. The number of rotatable bonds is 4. The Morgan fingerprint density at radius 1 is 1.28 bits per heavy atom. The van der Waals surface area contributed by atoms with Crippen LogP contribution in [-0.4, -0.2) is 44.6 Å². The van der Waals surface area contributed by atoms with E-state index in [2.05, 4.69) is 4.72 Å². The Morgan fingerprint density at radius 2 is 2.04 bits per heavy atom. The minimum absolute atomic E-state index is 0.109. The van der Waals surface area contributed by atoms with Crippen molar-refractivity contribution in [3.63, 3.8) is 0 Å². The van der Waals surface area contributed by atoms with E-state index in [1.54, 1.807) is 29.2 Å². The van der Waals surface area contributed by atoms with Crippen molar-refractivity contribution >= 4 is 15.9 Å². The van der Waals surface area contributed by atoms with Gasteiger partial charge in [-0.15, -0.1) is 0 Å². The quantitative estimate of drug-likeness (QED) is 0.900. The SMILES string of the molecule is CS(=O)(=O)NC1CCCN(C(=O)c2ccc(-c3ccccc3F)o2)C1. The maximum Gasteiger partial charge on any atom is 0.289 e. The summed E-state index contributed by atoms with van der Waals surface area (Å²) in [7, 11) is -3.33. The van der Waals surface area contributed by atoms with E-state index in [-0.39, 0.29) is 35.6 Å². The first kappa shape index (κ1) is 17.6. The number of carbonyl (C=O) groups excluding carboxylic acids is 1. The number of likely N-dealkylation sites (tertiary alicyclic amines) is 1. The standard InChI is InChI=1S/C17H19FN2O4S/c1-25(22,23)19-12-5-4-10-20(11-12)17(21)16-9-8-15(24-16)13-6-2-3-7-14(13)18/h2-3,6-9,12,19H,4-5,10-11H2,1H3. The molecular weight excluding hydrogens is 347 g/mol. The molecule has 1 fully saturated rings. The van der Waals surface area contributed by atoms with Crippen LogP contribution in [0, 0.1) is 5.82 Å². The molecule has 6 nitrogen and oxygen atoms in total. The number of hydrogen-bond acceptors (Lipinski definition) is 4. The van der Waals surface area contributed by atoms with E-state index >= 15 is 0 Å². The summed E-state index contributed by atoms with van der Waals surface area (Å²) in [6, 6.07) is 8.93. The zero-order valence-electron chi connectivity index (χ0n) is 13.7. The number of halogens is 1. The molecule has 0 radical (unpaired) electrons. The number of furan rings is 1. The number of nitrogens with zero attached hydrogens (tertiary/aromatic N) is 1. The highest BCUT2D eigenvalue weighted by Gasteiger charge is 2.28. The molecule has 0 aliphatic carbocycles. The summed E-state index contributed by atoms with van der Waals surface area (Å²) < 4.78 is 44.6. The Bertz CT molecular complexity index is 878. The van der Waals surface area contributed by atoms with E-state index in [9.17, 15) is 17.6 Å². The van der Waals surface area contributed by atoms with Crippen LogP contribution in [0.1, 0.15) is 23.4 Å². The molecule has 1 saturated heterocycles. The Labute approximate surface area is 145 Å². The topological polar surface area (TPSA) is 79.6 Å². The van der Waals surface area contributed by atoms with Gasteiger partial charge in [0.2, 0.25) is 10.0 Å². The maximum atomic E-state index is 13.8. The highest BCUT2D eigenvalue weighted by Crippen LogP contribution is 2.26. The van der Waals surface area contributed by atoms with E-state index in [1.807, 2.05) is 0 Å². The largest absolute Gasteiger partial charge is 0.451 e. The molecule has 1 N–H and O–H groups in total. The van der Waals surface area contributed by atoms with Crippen LogP contribution in [0.15, 0.2) is 40.8 Å². The highest BCUT2D eigenvalue weighted by molar-refractivity contribution is 7.88. The average molecular weight is 366 g/mol. The summed E-state index contributed by atoms with van der Waals surface area (Å²) in [5, 5.41) is 0. The molecule has 0 spiro atoms. The molecular formula is C17H19FN2O4S. The number of piperidine rings is 1. The monoisotopic (exact) mass is 366 g/mol. The lowest BCUT2D eigenvalue weighted by molar-refractivity contribution is 0.0672. The second-order valence-corrected chi connectivity index (χ2v) is 7.90. The van der Waals surface area contributed by atoms with E-state index in [4.69, 9.17) is 4.42 Å². The molecule has 1 amide bonds. The molecule has 2 heterocycles. The molecule has 1 aliphatic rings. The van der Waals surface area contributed by atoms with Crippen molar-refractivity contribution in [1.29, 1.82) is 0 Å². The van der Waals surface area contributed by atoms with Crippen LogP contribution in [0.2, 0.25) is 0 Å². The summed E-state index contributed by atoms with van der Waals surface area (Å²) in [5.41, 5.74) is 0.289. The fraction of sp³-hybridized carbons (Fsp3) is 0.353. The van der Waals surface area contributed by atoms with Gasteiger partial charge in [0.15, 0.2) is 5.76 Å². The van der Waals surface area contributed by atoms with Gasteiger partial charge >= 0.3 is 0 Å². The zero-order chi connectivity index (χ0) is 18.0. The van der Waals surface area contributed by atoms with Gasteiger partial charge in [-0.05, 0) is 37.1 Å². The van der Waals surface area contributed by atoms with Gasteiger partial charge in [0.1, 0.15) is 11.6 Å². The van der Waals surface area contributed by atoms with E-state index in [0.29, 0.717) is 19.4 Å². The van der Waals surface area contributed by atoms with Gasteiger partial charge in [-0.1, -0.05) is 12.1 Å².